The van der Waals surface area contributed by atoms with Gasteiger partial charge in [-0.3, -0.25) is 9.63 Å². The molecule has 1 aromatic heterocycles. The fraction of sp³-hybridized carbons (Fsp3) is 0.286. The largest absolute Gasteiger partial charge is 0.296 e. The van der Waals surface area contributed by atoms with Crippen LogP contribution < -0.4 is 0 Å². The van der Waals surface area contributed by atoms with Crippen molar-refractivity contribution in [3.05, 3.63) is 42.1 Å². The van der Waals surface area contributed by atoms with Crippen LogP contribution in [0.15, 0.2) is 36.4 Å². The van der Waals surface area contributed by atoms with Crippen molar-refractivity contribution in [3.63, 3.8) is 0 Å². The highest BCUT2D eigenvalue weighted by Crippen LogP contribution is 2.15. The SMILES string of the molecule is O=C(c1ccc2ccccc2n1)N1CCCCO1. The van der Waals surface area contributed by atoms with E-state index in [1.165, 1.54) is 5.06 Å². The number of rotatable bonds is 1. The van der Waals surface area contributed by atoms with Crippen LogP contribution in [0.5, 0.6) is 0 Å². The van der Waals surface area contributed by atoms with Gasteiger partial charge in [-0.15, -0.1) is 0 Å². The van der Waals surface area contributed by atoms with Crippen molar-refractivity contribution in [2.45, 2.75) is 12.8 Å². The van der Waals surface area contributed by atoms with Crippen LogP contribution in [0.2, 0.25) is 0 Å². The van der Waals surface area contributed by atoms with Gasteiger partial charge in [0, 0.05) is 11.9 Å². The van der Waals surface area contributed by atoms with E-state index in [0.717, 1.165) is 23.7 Å². The maximum atomic E-state index is 12.2. The third-order valence-electron chi connectivity index (χ3n) is 3.05. The second-order valence-electron chi connectivity index (χ2n) is 4.34. The van der Waals surface area contributed by atoms with Gasteiger partial charge < -0.3 is 0 Å². The van der Waals surface area contributed by atoms with Crippen molar-refractivity contribution in [3.8, 4) is 0 Å². The summed E-state index contributed by atoms with van der Waals surface area (Å²) in [5.41, 5.74) is 1.27. The maximum Gasteiger partial charge on any atom is 0.296 e. The summed E-state index contributed by atoms with van der Waals surface area (Å²) >= 11 is 0. The molecule has 1 amide bonds. The number of aromatic nitrogens is 1. The second-order valence-corrected chi connectivity index (χ2v) is 4.34. The molecule has 2 aromatic rings. The summed E-state index contributed by atoms with van der Waals surface area (Å²) in [6.07, 6.45) is 1.99. The number of nitrogens with zero attached hydrogens (tertiary/aromatic N) is 2. The molecular formula is C14H14N2O2. The lowest BCUT2D eigenvalue weighted by Gasteiger charge is -2.25. The van der Waals surface area contributed by atoms with Gasteiger partial charge in [-0.2, -0.15) is 0 Å². The van der Waals surface area contributed by atoms with Gasteiger partial charge in [-0.1, -0.05) is 24.3 Å². The first-order valence-electron chi connectivity index (χ1n) is 6.15. The predicted molar refractivity (Wildman–Crippen MR) is 68.0 cm³/mol. The Kier molecular flexibility index (Phi) is 2.94. The molecule has 0 bridgehead atoms. The van der Waals surface area contributed by atoms with Crippen LogP contribution in [0.4, 0.5) is 0 Å². The van der Waals surface area contributed by atoms with Gasteiger partial charge in [-0.25, -0.2) is 10.0 Å². The van der Waals surface area contributed by atoms with E-state index in [2.05, 4.69) is 4.98 Å². The summed E-state index contributed by atoms with van der Waals surface area (Å²) in [6.45, 7) is 1.26. The zero-order valence-corrected chi connectivity index (χ0v) is 10.0. The number of pyridine rings is 1. The van der Waals surface area contributed by atoms with Gasteiger partial charge in [0.15, 0.2) is 0 Å². The molecule has 3 rings (SSSR count). The van der Waals surface area contributed by atoms with Crippen molar-refractivity contribution in [2.75, 3.05) is 13.2 Å². The molecule has 0 radical (unpaired) electrons. The Bertz CT molecular complexity index is 577. The molecule has 1 saturated heterocycles. The molecule has 4 heteroatoms. The molecule has 1 fully saturated rings. The summed E-state index contributed by atoms with van der Waals surface area (Å²) in [5.74, 6) is -0.152. The zero-order chi connectivity index (χ0) is 12.4. The van der Waals surface area contributed by atoms with E-state index in [-0.39, 0.29) is 5.91 Å². The topological polar surface area (TPSA) is 42.4 Å². The molecular weight excluding hydrogens is 228 g/mol. The van der Waals surface area contributed by atoms with Crippen LogP contribution in [0.1, 0.15) is 23.3 Å². The average Bonchev–Trinajstić information content (AvgIpc) is 2.47. The Labute approximate surface area is 105 Å². The molecule has 0 unspecified atom stereocenters. The molecule has 0 aliphatic carbocycles. The summed E-state index contributed by atoms with van der Waals surface area (Å²) < 4.78 is 0. The second kappa shape index (κ2) is 4.74. The van der Waals surface area contributed by atoms with Gasteiger partial charge in [0.1, 0.15) is 5.69 Å². The number of carbonyl (C=O) groups is 1. The number of hydrogen-bond acceptors (Lipinski definition) is 3. The minimum Gasteiger partial charge on any atom is -0.271 e. The first-order valence-corrected chi connectivity index (χ1v) is 6.15. The number of benzene rings is 1. The smallest absolute Gasteiger partial charge is 0.271 e. The molecule has 0 N–H and O–H groups in total. The van der Waals surface area contributed by atoms with Crippen LogP contribution in [0, 0.1) is 0 Å². The van der Waals surface area contributed by atoms with E-state index in [1.54, 1.807) is 6.07 Å². The minimum absolute atomic E-state index is 0.152. The van der Waals surface area contributed by atoms with Crippen molar-refractivity contribution in [1.29, 1.82) is 0 Å². The molecule has 92 valence electrons. The summed E-state index contributed by atoms with van der Waals surface area (Å²) in [5, 5.41) is 2.45. The highest BCUT2D eigenvalue weighted by atomic mass is 16.7. The van der Waals surface area contributed by atoms with Crippen molar-refractivity contribution < 1.29 is 9.63 Å². The average molecular weight is 242 g/mol. The van der Waals surface area contributed by atoms with E-state index in [0.29, 0.717) is 18.8 Å². The fourth-order valence-electron chi connectivity index (χ4n) is 2.07. The Morgan fingerprint density at radius 1 is 1.17 bits per heavy atom. The van der Waals surface area contributed by atoms with Crippen molar-refractivity contribution in [2.24, 2.45) is 0 Å². The Morgan fingerprint density at radius 3 is 2.89 bits per heavy atom. The summed E-state index contributed by atoms with van der Waals surface area (Å²) in [4.78, 5) is 21.9. The van der Waals surface area contributed by atoms with Crippen molar-refractivity contribution in [1.82, 2.24) is 10.0 Å². The molecule has 18 heavy (non-hydrogen) atoms. The molecule has 1 aliphatic rings. The molecule has 4 nitrogen and oxygen atoms in total. The van der Waals surface area contributed by atoms with E-state index >= 15 is 0 Å². The summed E-state index contributed by atoms with van der Waals surface area (Å²) in [6, 6.07) is 11.4. The minimum atomic E-state index is -0.152. The highest BCUT2D eigenvalue weighted by molar-refractivity contribution is 5.94. The number of para-hydroxylation sites is 1. The molecule has 0 spiro atoms. The van der Waals surface area contributed by atoms with Crippen LogP contribution in [-0.2, 0) is 4.84 Å². The number of hydroxylamine groups is 2. The normalized spacial score (nSPS) is 15.9. The highest BCUT2D eigenvalue weighted by Gasteiger charge is 2.20. The molecule has 1 aromatic carbocycles. The lowest BCUT2D eigenvalue weighted by atomic mass is 10.2. The summed E-state index contributed by atoms with van der Waals surface area (Å²) in [7, 11) is 0. The lowest BCUT2D eigenvalue weighted by Crippen LogP contribution is -2.36. The number of hydrogen-bond donors (Lipinski definition) is 0. The quantitative estimate of drug-likeness (QED) is 0.771. The van der Waals surface area contributed by atoms with Gasteiger partial charge in [0.2, 0.25) is 0 Å². The van der Waals surface area contributed by atoms with Gasteiger partial charge in [0.25, 0.3) is 5.91 Å². The molecule has 2 heterocycles. The molecule has 0 saturated carbocycles. The third-order valence-corrected chi connectivity index (χ3v) is 3.05. The molecule has 1 aliphatic heterocycles. The number of carbonyl (C=O) groups excluding carboxylic acids is 1. The van der Waals surface area contributed by atoms with Crippen LogP contribution >= 0.6 is 0 Å². The van der Waals surface area contributed by atoms with E-state index in [1.807, 2.05) is 30.3 Å². The van der Waals surface area contributed by atoms with E-state index in [4.69, 9.17) is 4.84 Å². The van der Waals surface area contributed by atoms with Gasteiger partial charge in [-0.05, 0) is 25.0 Å². The van der Waals surface area contributed by atoms with Crippen LogP contribution in [0.25, 0.3) is 10.9 Å². The molecule has 0 atom stereocenters. The Balaban J connectivity index is 1.91. The predicted octanol–water partition coefficient (Wildman–Crippen LogP) is 2.40. The number of fused-ring (bicyclic) bond motifs is 1. The van der Waals surface area contributed by atoms with Crippen LogP contribution in [0.3, 0.4) is 0 Å². The Morgan fingerprint density at radius 2 is 2.06 bits per heavy atom. The zero-order valence-electron chi connectivity index (χ0n) is 10.0. The fourth-order valence-corrected chi connectivity index (χ4v) is 2.07. The maximum absolute atomic E-state index is 12.2. The van der Waals surface area contributed by atoms with Gasteiger partial charge >= 0.3 is 0 Å². The third kappa shape index (κ3) is 2.07. The number of amides is 1. The Hall–Kier alpha value is -1.94. The van der Waals surface area contributed by atoms with Gasteiger partial charge in [0.05, 0.1) is 12.1 Å². The van der Waals surface area contributed by atoms with Crippen LogP contribution in [-0.4, -0.2) is 29.1 Å². The lowest BCUT2D eigenvalue weighted by molar-refractivity contribution is -0.144. The van der Waals surface area contributed by atoms with E-state index < -0.39 is 0 Å². The van der Waals surface area contributed by atoms with Crippen molar-refractivity contribution >= 4 is 16.8 Å². The first-order chi connectivity index (χ1) is 8.84. The monoisotopic (exact) mass is 242 g/mol. The standard InChI is InChI=1S/C14H14N2O2/c17-14(16-9-3-4-10-18-16)13-8-7-11-5-1-2-6-12(11)15-13/h1-2,5-8H,3-4,9-10H2. The first kappa shape index (κ1) is 11.2. The van der Waals surface area contributed by atoms with E-state index in [9.17, 15) is 4.79 Å².